The highest BCUT2D eigenvalue weighted by molar-refractivity contribution is 8.15. The molecule has 0 radical (unpaired) electrons. The number of aliphatic carboxylic acids is 1. The van der Waals surface area contributed by atoms with Crippen LogP contribution in [0, 0.1) is 0 Å². The molecule has 26 heavy (non-hydrogen) atoms. The van der Waals surface area contributed by atoms with Gasteiger partial charge in [0.05, 0.1) is 18.2 Å². The molecule has 0 bridgehead atoms. The van der Waals surface area contributed by atoms with Crippen LogP contribution in [0.1, 0.15) is 17.5 Å². The minimum Gasteiger partial charge on any atom is -0.481 e. The molecule has 2 N–H and O–H groups in total. The first kappa shape index (κ1) is 18.4. The van der Waals surface area contributed by atoms with Gasteiger partial charge >= 0.3 is 12.1 Å². The zero-order valence-electron chi connectivity index (χ0n) is 12.8. The molecule has 0 aliphatic carbocycles. The first-order chi connectivity index (χ1) is 12.3. The van der Waals surface area contributed by atoms with Gasteiger partial charge in [0.1, 0.15) is 5.25 Å². The van der Waals surface area contributed by atoms with Crippen LogP contribution in [0.2, 0.25) is 0 Å². The lowest BCUT2D eigenvalue weighted by Crippen LogP contribution is -2.26. The van der Waals surface area contributed by atoms with Crippen molar-refractivity contribution < 1.29 is 27.9 Å². The Balaban J connectivity index is 1.81. The summed E-state index contributed by atoms with van der Waals surface area (Å²) in [4.78, 5) is 22.3. The molecule has 1 atom stereocenters. The van der Waals surface area contributed by atoms with E-state index < -0.39 is 28.9 Å². The van der Waals surface area contributed by atoms with E-state index in [1.54, 1.807) is 6.07 Å². The number of hydrogen-bond acceptors (Lipinski definition) is 6. The standard InChI is InChI=1S/C15H10F3N3O3S2/c16-15(17,18)9-6-25-12-7(2-1-3-8(9)12)5-19-21-14-20-13(24)10(26-14)4-11(22)23/h1-3,5-6,10H,4H2,(H,22,23)(H,20,21,24). The topological polar surface area (TPSA) is 91.1 Å². The number of carbonyl (C=O) groups is 2. The van der Waals surface area contributed by atoms with Gasteiger partial charge in [-0.15, -0.1) is 16.4 Å². The van der Waals surface area contributed by atoms with E-state index in [9.17, 15) is 22.8 Å². The van der Waals surface area contributed by atoms with E-state index >= 15 is 0 Å². The Morgan fingerprint density at radius 3 is 2.85 bits per heavy atom. The number of benzene rings is 1. The van der Waals surface area contributed by atoms with E-state index in [1.807, 2.05) is 0 Å². The second kappa shape index (κ2) is 7.08. The van der Waals surface area contributed by atoms with Crippen molar-refractivity contribution in [3.63, 3.8) is 0 Å². The number of nitrogens with zero attached hydrogens (tertiary/aromatic N) is 2. The van der Waals surface area contributed by atoms with Crippen molar-refractivity contribution >= 4 is 56.4 Å². The molecule has 1 aromatic carbocycles. The molecule has 1 unspecified atom stereocenters. The molecule has 3 rings (SSSR count). The van der Waals surface area contributed by atoms with Crippen LogP contribution in [0.3, 0.4) is 0 Å². The summed E-state index contributed by atoms with van der Waals surface area (Å²) in [7, 11) is 0. The highest BCUT2D eigenvalue weighted by Gasteiger charge is 2.34. The second-order valence-electron chi connectivity index (χ2n) is 5.21. The Morgan fingerprint density at radius 1 is 1.38 bits per heavy atom. The Morgan fingerprint density at radius 2 is 2.15 bits per heavy atom. The number of carboxylic acid groups (broad SMARTS) is 1. The molecule has 2 aromatic rings. The Bertz CT molecular complexity index is 937. The molecule has 1 aliphatic heterocycles. The second-order valence-corrected chi connectivity index (χ2v) is 7.29. The van der Waals surface area contributed by atoms with Crippen molar-refractivity contribution in [3.05, 3.63) is 34.7 Å². The summed E-state index contributed by atoms with van der Waals surface area (Å²) in [5, 5.41) is 19.2. The molecule has 0 saturated carbocycles. The molecule has 0 spiro atoms. The monoisotopic (exact) mass is 401 g/mol. The van der Waals surface area contributed by atoms with Crippen molar-refractivity contribution in [2.45, 2.75) is 17.8 Å². The SMILES string of the molecule is O=C(O)CC1SC(=NN=Cc2cccc3c(C(F)(F)F)csc23)NC1=O. The smallest absolute Gasteiger partial charge is 0.417 e. The van der Waals surface area contributed by atoms with Crippen molar-refractivity contribution in [1.29, 1.82) is 0 Å². The third-order valence-corrected chi connectivity index (χ3v) is 5.53. The van der Waals surface area contributed by atoms with Crippen molar-refractivity contribution in [1.82, 2.24) is 5.32 Å². The lowest BCUT2D eigenvalue weighted by Gasteiger charge is -2.04. The zero-order valence-corrected chi connectivity index (χ0v) is 14.4. The summed E-state index contributed by atoms with van der Waals surface area (Å²) < 4.78 is 39.3. The van der Waals surface area contributed by atoms with E-state index in [0.717, 1.165) is 28.5 Å². The molecule has 1 amide bonds. The molecule has 6 nitrogen and oxygen atoms in total. The van der Waals surface area contributed by atoms with Gasteiger partial charge in [-0.3, -0.25) is 9.59 Å². The number of nitrogens with one attached hydrogen (secondary N) is 1. The minimum atomic E-state index is -4.43. The summed E-state index contributed by atoms with van der Waals surface area (Å²) in [5.74, 6) is -1.58. The number of carbonyl (C=O) groups excluding carboxylic acids is 1. The van der Waals surface area contributed by atoms with Crippen LogP contribution in [0.15, 0.2) is 33.8 Å². The van der Waals surface area contributed by atoms with Gasteiger partial charge in [0.15, 0.2) is 5.17 Å². The lowest BCUT2D eigenvalue weighted by molar-refractivity contribution is -0.138. The molecule has 136 valence electrons. The number of thioether (sulfide) groups is 1. The number of alkyl halides is 3. The molecule has 2 heterocycles. The number of thiophene rings is 1. The van der Waals surface area contributed by atoms with E-state index in [1.165, 1.54) is 18.3 Å². The normalized spacial score (nSPS) is 19.6. The van der Waals surface area contributed by atoms with Gasteiger partial charge in [0.25, 0.3) is 0 Å². The molecule has 1 aliphatic rings. The number of rotatable bonds is 4. The quantitative estimate of drug-likeness (QED) is 0.607. The van der Waals surface area contributed by atoms with Gasteiger partial charge in [-0.2, -0.15) is 18.3 Å². The van der Waals surface area contributed by atoms with Crippen LogP contribution in [-0.4, -0.2) is 33.6 Å². The number of fused-ring (bicyclic) bond motifs is 1. The number of amidine groups is 1. The maximum Gasteiger partial charge on any atom is 0.417 e. The minimum absolute atomic E-state index is 0.0872. The highest BCUT2D eigenvalue weighted by atomic mass is 32.2. The average Bonchev–Trinajstić information content (AvgIpc) is 3.11. The summed E-state index contributed by atoms with van der Waals surface area (Å²) in [6.07, 6.45) is -3.48. The average molecular weight is 401 g/mol. The Labute approximate surface area is 152 Å². The van der Waals surface area contributed by atoms with Crippen LogP contribution in [0.4, 0.5) is 13.2 Å². The van der Waals surface area contributed by atoms with Gasteiger partial charge in [-0.25, -0.2) is 0 Å². The summed E-state index contributed by atoms with van der Waals surface area (Å²) in [5.41, 5.74) is -0.238. The first-order valence-electron chi connectivity index (χ1n) is 7.13. The Kier molecular flexibility index (Phi) is 5.01. The van der Waals surface area contributed by atoms with E-state index in [2.05, 4.69) is 15.5 Å². The zero-order chi connectivity index (χ0) is 18.9. The summed E-state index contributed by atoms with van der Waals surface area (Å²) in [6, 6.07) is 4.49. The summed E-state index contributed by atoms with van der Waals surface area (Å²) >= 11 is 1.90. The fourth-order valence-electron chi connectivity index (χ4n) is 2.29. The third kappa shape index (κ3) is 3.88. The Hall–Kier alpha value is -2.40. The number of hydrogen-bond donors (Lipinski definition) is 2. The molecule has 1 fully saturated rings. The molecule has 1 aromatic heterocycles. The predicted molar refractivity (Wildman–Crippen MR) is 93.6 cm³/mol. The van der Waals surface area contributed by atoms with E-state index in [0.29, 0.717) is 10.3 Å². The maximum atomic E-state index is 13.0. The first-order valence-corrected chi connectivity index (χ1v) is 8.89. The number of amides is 1. The van der Waals surface area contributed by atoms with Gasteiger partial charge in [-0.05, 0) is 0 Å². The maximum absolute atomic E-state index is 13.0. The van der Waals surface area contributed by atoms with Gasteiger partial charge < -0.3 is 10.4 Å². The van der Waals surface area contributed by atoms with Crippen LogP contribution in [0.25, 0.3) is 10.1 Å². The highest BCUT2D eigenvalue weighted by Crippen LogP contribution is 2.39. The molecular weight excluding hydrogens is 391 g/mol. The number of carboxylic acids is 1. The van der Waals surface area contributed by atoms with E-state index in [4.69, 9.17) is 5.11 Å². The van der Waals surface area contributed by atoms with Crippen LogP contribution in [-0.2, 0) is 15.8 Å². The molecule has 1 saturated heterocycles. The van der Waals surface area contributed by atoms with Gasteiger partial charge in [-0.1, -0.05) is 30.0 Å². The van der Waals surface area contributed by atoms with Crippen molar-refractivity contribution in [2.24, 2.45) is 10.2 Å². The predicted octanol–water partition coefficient (Wildman–Crippen LogP) is 3.32. The van der Waals surface area contributed by atoms with Gasteiger partial charge in [0, 0.05) is 21.0 Å². The van der Waals surface area contributed by atoms with Crippen molar-refractivity contribution in [3.8, 4) is 0 Å². The lowest BCUT2D eigenvalue weighted by atomic mass is 10.1. The van der Waals surface area contributed by atoms with Crippen LogP contribution in [0.5, 0.6) is 0 Å². The molecule has 11 heteroatoms. The van der Waals surface area contributed by atoms with Crippen molar-refractivity contribution in [2.75, 3.05) is 0 Å². The van der Waals surface area contributed by atoms with Gasteiger partial charge in [0.2, 0.25) is 5.91 Å². The fourth-order valence-corrected chi connectivity index (χ4v) is 4.26. The fraction of sp³-hybridized carbons (Fsp3) is 0.200. The third-order valence-electron chi connectivity index (χ3n) is 3.42. The molecular formula is C15H10F3N3O3S2. The van der Waals surface area contributed by atoms with E-state index in [-0.39, 0.29) is 17.0 Å². The number of halogens is 3. The van der Waals surface area contributed by atoms with Crippen LogP contribution >= 0.6 is 23.1 Å². The summed E-state index contributed by atoms with van der Waals surface area (Å²) in [6.45, 7) is 0. The van der Waals surface area contributed by atoms with Crippen LogP contribution < -0.4 is 5.32 Å². The largest absolute Gasteiger partial charge is 0.481 e.